The van der Waals surface area contributed by atoms with Gasteiger partial charge in [0.2, 0.25) is 17.7 Å². The number of benzene rings is 2. The van der Waals surface area contributed by atoms with E-state index in [2.05, 4.69) is 25.9 Å². The molecule has 51 heavy (non-hydrogen) atoms. The Hall–Kier alpha value is -5.67. The first-order chi connectivity index (χ1) is 24.2. The molecule has 0 spiro atoms. The molecule has 16 heteroatoms. The molecule has 2 aromatic carbocycles. The van der Waals surface area contributed by atoms with Crippen LogP contribution in [0.25, 0.3) is 10.9 Å². The summed E-state index contributed by atoms with van der Waals surface area (Å²) < 4.78 is 5.41. The molecule has 0 fully saturated rings. The Morgan fingerprint density at radius 1 is 0.961 bits per heavy atom. The maximum atomic E-state index is 14.1. The SMILES string of the molecule is CCCN(C)C(=O)[C@H](Cc1c[nH]c2ccccc12)NC(=O)[C@H](CCCN=C(N)N[N+](=O)[O-])NC(=O)[C@@H](Cc1ccccc1)NC(=O)OC(C)(C)C. The monoisotopic (exact) mass is 707 g/mol. The lowest BCUT2D eigenvalue weighted by Crippen LogP contribution is -2.57. The summed E-state index contributed by atoms with van der Waals surface area (Å²) in [6, 6.07) is 13.3. The molecule has 1 aromatic heterocycles. The molecule has 0 aliphatic carbocycles. The molecule has 0 aliphatic heterocycles. The first kappa shape index (κ1) is 39.8. The van der Waals surface area contributed by atoms with Gasteiger partial charge in [-0.05, 0) is 57.2 Å². The van der Waals surface area contributed by atoms with Gasteiger partial charge in [-0.1, -0.05) is 60.9 Å². The van der Waals surface area contributed by atoms with Crippen molar-refractivity contribution in [3.63, 3.8) is 0 Å². The summed E-state index contributed by atoms with van der Waals surface area (Å²) in [7, 11) is 1.66. The molecule has 16 nitrogen and oxygen atoms in total. The van der Waals surface area contributed by atoms with Gasteiger partial charge in [-0.2, -0.15) is 0 Å². The van der Waals surface area contributed by atoms with Crippen molar-refractivity contribution in [3.05, 3.63) is 82.0 Å². The van der Waals surface area contributed by atoms with Crippen LogP contribution in [-0.4, -0.2) is 88.6 Å². The standard InChI is InChI=1S/C35H49N9O7/c1-6-19-43(5)32(47)29(21-24-22-38-26-16-11-10-15-25(24)26)40-30(45)27(17-12-18-37-33(36)42-44(49)50)39-31(46)28(20-23-13-8-7-9-14-23)41-34(48)51-35(2,3)4/h7-11,13-16,22,27-29,38H,6,12,17-21H2,1-5H3,(H,39,46)(H,40,45)(H,41,48)(H3,36,37,42)/t27-,28+,29-/m0/s1. The third-order valence-corrected chi connectivity index (χ3v) is 7.71. The zero-order valence-corrected chi connectivity index (χ0v) is 29.7. The number of aliphatic imine (C=N–C) groups is 1. The summed E-state index contributed by atoms with van der Waals surface area (Å²) in [6.07, 6.45) is 2.16. The molecule has 3 rings (SSSR count). The Balaban J connectivity index is 1.90. The highest BCUT2D eigenvalue weighted by Gasteiger charge is 2.32. The molecule has 7 N–H and O–H groups in total. The third-order valence-electron chi connectivity index (χ3n) is 7.71. The van der Waals surface area contributed by atoms with Crippen LogP contribution in [0.15, 0.2) is 65.8 Å². The summed E-state index contributed by atoms with van der Waals surface area (Å²) in [4.78, 5) is 73.8. The number of carbonyl (C=O) groups excluding carboxylic acids is 4. The van der Waals surface area contributed by atoms with Gasteiger partial charge >= 0.3 is 6.09 Å². The molecular formula is C35H49N9O7. The fraction of sp³-hybridized carbons (Fsp3) is 0.457. The summed E-state index contributed by atoms with van der Waals surface area (Å²) in [5, 5.41) is 19.0. The minimum atomic E-state index is -1.19. The number of rotatable bonds is 17. The maximum Gasteiger partial charge on any atom is 0.408 e. The number of guanidine groups is 1. The van der Waals surface area contributed by atoms with Gasteiger partial charge in [0, 0.05) is 50.1 Å². The number of hydrazine groups is 1. The number of nitrogens with one attached hydrogen (secondary N) is 5. The maximum absolute atomic E-state index is 14.1. The topological polar surface area (TPSA) is 226 Å². The number of aromatic nitrogens is 1. The second kappa shape index (κ2) is 18.9. The van der Waals surface area contributed by atoms with E-state index in [1.165, 1.54) is 0 Å². The van der Waals surface area contributed by atoms with Crippen LogP contribution in [0.3, 0.4) is 0 Å². The van der Waals surface area contributed by atoms with Crippen LogP contribution in [0, 0.1) is 10.1 Å². The van der Waals surface area contributed by atoms with Gasteiger partial charge in [0.1, 0.15) is 23.7 Å². The fourth-order valence-electron chi connectivity index (χ4n) is 5.38. The zero-order chi connectivity index (χ0) is 37.6. The van der Waals surface area contributed by atoms with Crippen LogP contribution in [0.4, 0.5) is 4.79 Å². The van der Waals surface area contributed by atoms with E-state index < -0.39 is 52.6 Å². The number of nitrogens with zero attached hydrogens (tertiary/aromatic N) is 3. The van der Waals surface area contributed by atoms with E-state index in [4.69, 9.17) is 10.5 Å². The number of ether oxygens (including phenoxy) is 1. The molecule has 3 aromatic rings. The number of aromatic amines is 1. The Kier molecular flexibility index (Phi) is 14.8. The predicted molar refractivity (Wildman–Crippen MR) is 193 cm³/mol. The molecule has 0 radical (unpaired) electrons. The van der Waals surface area contributed by atoms with Gasteiger partial charge in [0.15, 0.2) is 5.03 Å². The number of nitrogens with two attached hydrogens (primary N) is 1. The minimum Gasteiger partial charge on any atom is -0.444 e. The van der Waals surface area contributed by atoms with Crippen molar-refractivity contribution in [2.45, 2.75) is 83.5 Å². The highest BCUT2D eigenvalue weighted by atomic mass is 16.7. The van der Waals surface area contributed by atoms with Crippen molar-refractivity contribution in [3.8, 4) is 0 Å². The summed E-state index contributed by atoms with van der Waals surface area (Å²) in [5.74, 6) is -2.02. The molecule has 0 unspecified atom stereocenters. The minimum absolute atomic E-state index is 0.00708. The van der Waals surface area contributed by atoms with Crippen molar-refractivity contribution in [1.82, 2.24) is 31.3 Å². The molecule has 0 saturated carbocycles. The van der Waals surface area contributed by atoms with Gasteiger partial charge < -0.3 is 36.3 Å². The number of fused-ring (bicyclic) bond motifs is 1. The number of hydrogen-bond donors (Lipinski definition) is 6. The van der Waals surface area contributed by atoms with Crippen molar-refractivity contribution in [2.75, 3.05) is 20.1 Å². The third kappa shape index (κ3) is 13.3. The Bertz CT molecular complexity index is 1670. The highest BCUT2D eigenvalue weighted by Crippen LogP contribution is 2.20. The van der Waals surface area contributed by atoms with Gasteiger partial charge in [0.05, 0.1) is 0 Å². The molecule has 0 aliphatic rings. The second-order valence-electron chi connectivity index (χ2n) is 13.1. The second-order valence-corrected chi connectivity index (χ2v) is 13.1. The van der Waals surface area contributed by atoms with E-state index in [0.29, 0.717) is 13.0 Å². The Morgan fingerprint density at radius 3 is 2.27 bits per heavy atom. The van der Waals surface area contributed by atoms with Crippen molar-refractivity contribution in [1.29, 1.82) is 0 Å². The normalized spacial score (nSPS) is 13.4. The average Bonchev–Trinajstić information content (AvgIpc) is 3.47. The van der Waals surface area contributed by atoms with Crippen LogP contribution in [0.2, 0.25) is 0 Å². The lowest BCUT2D eigenvalue weighted by molar-refractivity contribution is -0.525. The average molecular weight is 708 g/mol. The van der Waals surface area contributed by atoms with E-state index in [9.17, 15) is 29.3 Å². The summed E-state index contributed by atoms with van der Waals surface area (Å²) >= 11 is 0. The summed E-state index contributed by atoms with van der Waals surface area (Å²) in [6.45, 7) is 7.49. The Morgan fingerprint density at radius 2 is 1.61 bits per heavy atom. The number of nitro groups is 1. The van der Waals surface area contributed by atoms with Crippen LogP contribution in [-0.2, 0) is 32.0 Å². The first-order valence-corrected chi connectivity index (χ1v) is 16.8. The number of carbonyl (C=O) groups is 4. The van der Waals surface area contributed by atoms with Gasteiger partial charge in [0.25, 0.3) is 5.96 Å². The van der Waals surface area contributed by atoms with Crippen LogP contribution in [0.1, 0.15) is 58.1 Å². The van der Waals surface area contributed by atoms with Gasteiger partial charge in [-0.15, -0.1) is 0 Å². The lowest BCUT2D eigenvalue weighted by Gasteiger charge is -2.28. The highest BCUT2D eigenvalue weighted by molar-refractivity contribution is 5.94. The first-order valence-electron chi connectivity index (χ1n) is 16.8. The van der Waals surface area contributed by atoms with Crippen molar-refractivity contribution in [2.24, 2.45) is 10.7 Å². The quantitative estimate of drug-likeness (QED) is 0.0398. The largest absolute Gasteiger partial charge is 0.444 e. The van der Waals surface area contributed by atoms with Crippen LogP contribution in [0.5, 0.6) is 0 Å². The molecule has 0 saturated heterocycles. The summed E-state index contributed by atoms with van der Waals surface area (Å²) in [5.41, 5.74) is 8.92. The fourth-order valence-corrected chi connectivity index (χ4v) is 5.38. The number of H-pyrrole nitrogens is 1. The number of likely N-dealkylation sites (N-methyl/N-ethyl adjacent to an activating group) is 1. The predicted octanol–water partition coefficient (Wildman–Crippen LogP) is 2.56. The van der Waals surface area contributed by atoms with Gasteiger partial charge in [-0.3, -0.25) is 14.4 Å². The molecule has 1 heterocycles. The Labute approximate surface area is 297 Å². The van der Waals surface area contributed by atoms with Crippen molar-refractivity contribution < 1.29 is 28.9 Å². The van der Waals surface area contributed by atoms with E-state index in [1.54, 1.807) is 68.6 Å². The van der Waals surface area contributed by atoms with E-state index in [-0.39, 0.29) is 38.1 Å². The van der Waals surface area contributed by atoms with E-state index in [0.717, 1.165) is 22.0 Å². The molecule has 276 valence electrons. The van der Waals surface area contributed by atoms with Gasteiger partial charge in [-0.25, -0.2) is 19.9 Å². The number of alkyl carbamates (subject to hydrolysis) is 1. The van der Waals surface area contributed by atoms with Crippen LogP contribution >= 0.6 is 0 Å². The smallest absolute Gasteiger partial charge is 0.408 e. The lowest BCUT2D eigenvalue weighted by atomic mass is 10.0. The number of hydrogen-bond acceptors (Lipinski definition) is 8. The number of amides is 4. The molecule has 4 amide bonds. The molecule has 0 bridgehead atoms. The molecular weight excluding hydrogens is 658 g/mol. The zero-order valence-electron chi connectivity index (χ0n) is 29.7. The van der Waals surface area contributed by atoms with Crippen LogP contribution < -0.4 is 27.1 Å². The van der Waals surface area contributed by atoms with E-state index >= 15 is 0 Å². The van der Waals surface area contributed by atoms with Crippen molar-refractivity contribution >= 4 is 40.7 Å². The molecule has 3 atom stereocenters. The van der Waals surface area contributed by atoms with E-state index in [1.807, 2.05) is 37.3 Å². The number of para-hydroxylation sites is 1.